The third kappa shape index (κ3) is 3.72. The molecule has 0 aliphatic carbocycles. The van der Waals surface area contributed by atoms with Crippen molar-refractivity contribution in [2.75, 3.05) is 19.8 Å². The van der Waals surface area contributed by atoms with Gasteiger partial charge in [-0.2, -0.15) is 0 Å². The smallest absolute Gasteiger partial charge is 0.430 e. The molecule has 162 valence electrons. The molecule has 0 radical (unpaired) electrons. The van der Waals surface area contributed by atoms with Gasteiger partial charge in [0.25, 0.3) is 0 Å². The lowest BCUT2D eigenvalue weighted by Gasteiger charge is -2.17. The van der Waals surface area contributed by atoms with Crippen LogP contribution in [0, 0.1) is 0 Å². The molecule has 1 aromatic rings. The highest BCUT2D eigenvalue weighted by atomic mass is 16.8. The summed E-state index contributed by atoms with van der Waals surface area (Å²) in [6.45, 7) is -1.72. The van der Waals surface area contributed by atoms with Crippen LogP contribution in [0.2, 0.25) is 0 Å². The molecule has 3 aliphatic rings. The van der Waals surface area contributed by atoms with Gasteiger partial charge in [0.2, 0.25) is 0 Å². The number of ether oxygens (including phenoxy) is 6. The Morgan fingerprint density at radius 2 is 0.800 bits per heavy atom. The van der Waals surface area contributed by atoms with Crippen LogP contribution in [0.3, 0.4) is 0 Å². The van der Waals surface area contributed by atoms with E-state index in [1.807, 2.05) is 0 Å². The minimum absolute atomic E-state index is 0.188. The molecule has 3 atom stereocenters. The third-order valence-corrected chi connectivity index (χ3v) is 4.49. The van der Waals surface area contributed by atoms with E-state index in [0.717, 1.165) is 0 Å². The Morgan fingerprint density at radius 1 is 0.533 bits per heavy atom. The molecular weight excluding hydrogens is 414 g/mol. The Bertz CT molecular complexity index is 905. The molecule has 15 nitrogen and oxygen atoms in total. The second-order valence-electron chi connectivity index (χ2n) is 6.58. The highest BCUT2D eigenvalue weighted by Crippen LogP contribution is 2.09. The molecule has 4 rings (SSSR count). The molecule has 30 heavy (non-hydrogen) atoms. The van der Waals surface area contributed by atoms with Crippen molar-refractivity contribution in [2.45, 2.75) is 37.9 Å². The summed E-state index contributed by atoms with van der Waals surface area (Å²) < 4.78 is 30.5. The number of cyclic esters (lactones) is 6. The van der Waals surface area contributed by atoms with E-state index >= 15 is 0 Å². The Hall–Kier alpha value is -3.78. The van der Waals surface area contributed by atoms with Crippen molar-refractivity contribution in [3.8, 4) is 0 Å². The molecule has 4 heterocycles. The van der Waals surface area contributed by atoms with Gasteiger partial charge >= 0.3 is 35.5 Å². The normalized spacial score (nSPS) is 25.2. The number of hydrogen-bond donors (Lipinski definition) is 0. The van der Waals surface area contributed by atoms with Crippen LogP contribution in [0.5, 0.6) is 0 Å². The summed E-state index contributed by atoms with van der Waals surface area (Å²) in [6, 6.07) is 0. The van der Waals surface area contributed by atoms with Crippen molar-refractivity contribution in [3.63, 3.8) is 0 Å². The molecular formula is C15H15N3O12. The van der Waals surface area contributed by atoms with Crippen LogP contribution in [0.4, 0.5) is 14.4 Å². The largest absolute Gasteiger partial charge is 0.508 e. The van der Waals surface area contributed by atoms with Crippen molar-refractivity contribution >= 4 is 18.5 Å². The zero-order valence-corrected chi connectivity index (χ0v) is 15.2. The zero-order chi connectivity index (χ0) is 21.4. The average Bonchev–Trinajstić information content (AvgIpc) is 3.42. The Labute approximate surface area is 165 Å². The van der Waals surface area contributed by atoms with Crippen LogP contribution < -0.4 is 17.1 Å². The minimum atomic E-state index is -1.01. The number of carbonyl (C=O) groups excluding carboxylic acids is 3. The van der Waals surface area contributed by atoms with E-state index in [9.17, 15) is 28.8 Å². The van der Waals surface area contributed by atoms with E-state index in [-0.39, 0.29) is 39.5 Å². The zero-order valence-electron chi connectivity index (χ0n) is 15.2. The second kappa shape index (κ2) is 7.57. The molecule has 0 bridgehead atoms. The quantitative estimate of drug-likeness (QED) is 0.353. The monoisotopic (exact) mass is 429 g/mol. The topological polar surface area (TPSA) is 173 Å². The second-order valence-corrected chi connectivity index (χ2v) is 6.58. The number of aromatic nitrogens is 3. The molecule has 3 aliphatic heterocycles. The first-order chi connectivity index (χ1) is 14.3. The Kier molecular flexibility index (Phi) is 4.93. The highest BCUT2D eigenvalue weighted by molar-refractivity contribution is 5.62. The van der Waals surface area contributed by atoms with Gasteiger partial charge in [-0.25, -0.2) is 42.5 Å². The molecule has 0 spiro atoms. The number of carbonyl (C=O) groups is 3. The van der Waals surface area contributed by atoms with E-state index in [2.05, 4.69) is 14.2 Å². The maximum absolute atomic E-state index is 12.8. The van der Waals surface area contributed by atoms with Gasteiger partial charge in [0.05, 0.1) is 19.6 Å². The number of rotatable bonds is 6. The lowest BCUT2D eigenvalue weighted by atomic mass is 10.3. The molecule has 0 saturated carbocycles. The summed E-state index contributed by atoms with van der Waals surface area (Å²) in [5.41, 5.74) is -3.02. The molecule has 0 N–H and O–H groups in total. The van der Waals surface area contributed by atoms with E-state index in [1.54, 1.807) is 0 Å². The fraction of sp³-hybridized carbons (Fsp3) is 0.600. The van der Waals surface area contributed by atoms with Crippen LogP contribution in [0.1, 0.15) is 0 Å². The van der Waals surface area contributed by atoms with Gasteiger partial charge in [0.1, 0.15) is 19.8 Å². The average molecular weight is 429 g/mol. The van der Waals surface area contributed by atoms with Crippen LogP contribution >= 0.6 is 0 Å². The van der Waals surface area contributed by atoms with Gasteiger partial charge in [0, 0.05) is 0 Å². The SMILES string of the molecule is O=C1OCC(Cn2c(=O)n(CC3COC(=O)O3)c(=O)n(CC3COC(=O)O3)c2=O)O1. The van der Waals surface area contributed by atoms with E-state index in [0.29, 0.717) is 13.7 Å². The van der Waals surface area contributed by atoms with E-state index in [4.69, 9.17) is 14.2 Å². The van der Waals surface area contributed by atoms with Gasteiger partial charge < -0.3 is 28.4 Å². The summed E-state index contributed by atoms with van der Waals surface area (Å²) >= 11 is 0. The third-order valence-electron chi connectivity index (χ3n) is 4.49. The van der Waals surface area contributed by atoms with E-state index in [1.165, 1.54) is 0 Å². The van der Waals surface area contributed by atoms with Gasteiger partial charge in [-0.15, -0.1) is 0 Å². The van der Waals surface area contributed by atoms with Gasteiger partial charge in [0.15, 0.2) is 18.3 Å². The molecule has 3 saturated heterocycles. The lowest BCUT2D eigenvalue weighted by molar-refractivity contribution is 0.108. The molecule has 15 heteroatoms. The summed E-state index contributed by atoms with van der Waals surface area (Å²) in [7, 11) is 0. The molecule has 3 fully saturated rings. The maximum atomic E-state index is 12.8. The summed E-state index contributed by atoms with van der Waals surface area (Å²) in [6.07, 6.45) is -5.64. The summed E-state index contributed by atoms with van der Waals surface area (Å²) in [5, 5.41) is 0. The molecule has 0 amide bonds. The van der Waals surface area contributed by atoms with Crippen molar-refractivity contribution in [1.29, 1.82) is 0 Å². The molecule has 1 aromatic heterocycles. The first kappa shape index (κ1) is 19.5. The van der Waals surface area contributed by atoms with Gasteiger partial charge in [-0.05, 0) is 0 Å². The standard InChI is InChI=1S/C15H15N3O12/c19-10-16(1-7-4-25-13(22)28-7)11(20)18(3-9-6-27-15(24)30-9)12(21)17(10)2-8-5-26-14(23)29-8/h7-9H,1-6H2. The lowest BCUT2D eigenvalue weighted by Crippen LogP contribution is -2.57. The Balaban J connectivity index is 1.71. The summed E-state index contributed by atoms with van der Waals surface area (Å²) in [4.78, 5) is 71.9. The van der Waals surface area contributed by atoms with Crippen LogP contribution in [0.15, 0.2) is 14.4 Å². The molecule has 0 aromatic carbocycles. The van der Waals surface area contributed by atoms with Gasteiger partial charge in [-0.1, -0.05) is 0 Å². The minimum Gasteiger partial charge on any atom is -0.430 e. The maximum Gasteiger partial charge on any atom is 0.508 e. The van der Waals surface area contributed by atoms with Crippen molar-refractivity contribution in [2.24, 2.45) is 0 Å². The fourth-order valence-corrected chi connectivity index (χ4v) is 3.13. The van der Waals surface area contributed by atoms with Crippen molar-refractivity contribution < 1.29 is 42.8 Å². The van der Waals surface area contributed by atoms with Crippen LogP contribution in [-0.4, -0.2) is 70.3 Å². The van der Waals surface area contributed by atoms with Crippen molar-refractivity contribution in [1.82, 2.24) is 13.7 Å². The predicted molar refractivity (Wildman–Crippen MR) is 87.9 cm³/mol. The first-order valence-electron chi connectivity index (χ1n) is 8.76. The van der Waals surface area contributed by atoms with Crippen LogP contribution in [0.25, 0.3) is 0 Å². The Morgan fingerprint density at radius 3 is 1.00 bits per heavy atom. The first-order valence-corrected chi connectivity index (χ1v) is 8.76. The highest BCUT2D eigenvalue weighted by Gasteiger charge is 2.32. The van der Waals surface area contributed by atoms with Crippen molar-refractivity contribution in [3.05, 3.63) is 31.5 Å². The predicted octanol–water partition coefficient (Wildman–Crippen LogP) is -2.22. The number of hydrogen-bond acceptors (Lipinski definition) is 12. The van der Waals surface area contributed by atoms with E-state index < -0.39 is 53.8 Å². The van der Waals surface area contributed by atoms with Gasteiger partial charge in [-0.3, -0.25) is 0 Å². The molecule has 3 unspecified atom stereocenters. The van der Waals surface area contributed by atoms with Crippen LogP contribution in [-0.2, 0) is 48.1 Å². The fourth-order valence-electron chi connectivity index (χ4n) is 3.13. The number of nitrogens with zero attached hydrogens (tertiary/aromatic N) is 3. The summed E-state index contributed by atoms with van der Waals surface area (Å²) in [5.74, 6) is 0.